The molecule has 0 spiro atoms. The number of hydrogen-bond acceptors (Lipinski definition) is 7. The minimum Gasteiger partial charge on any atom is -0.379 e. The lowest BCUT2D eigenvalue weighted by atomic mass is 10.1. The second kappa shape index (κ2) is 9.71. The number of halogens is 1. The molecule has 0 saturated heterocycles. The first-order valence-corrected chi connectivity index (χ1v) is 11.3. The number of aryl methyl sites for hydroxylation is 1. The third-order valence-corrected chi connectivity index (χ3v) is 6.44. The van der Waals surface area contributed by atoms with Crippen molar-refractivity contribution < 1.29 is 9.53 Å². The van der Waals surface area contributed by atoms with E-state index in [1.807, 2.05) is 18.2 Å². The smallest absolute Gasteiger partial charge is 0.269 e. The minimum absolute atomic E-state index is 0.0662. The summed E-state index contributed by atoms with van der Waals surface area (Å²) in [6.45, 7) is 0. The number of anilines is 3. The van der Waals surface area contributed by atoms with Gasteiger partial charge in [0.15, 0.2) is 0 Å². The minimum atomic E-state index is -0.418. The van der Waals surface area contributed by atoms with E-state index in [1.54, 1.807) is 30.9 Å². The summed E-state index contributed by atoms with van der Waals surface area (Å²) in [5, 5.41) is 19.5. The fourth-order valence-corrected chi connectivity index (χ4v) is 4.59. The van der Waals surface area contributed by atoms with Crippen LogP contribution in [0.1, 0.15) is 35.3 Å². The number of amides is 1. The number of nitrogens with one attached hydrogen (secondary N) is 3. The van der Waals surface area contributed by atoms with E-state index < -0.39 is 5.91 Å². The van der Waals surface area contributed by atoms with E-state index in [0.29, 0.717) is 11.4 Å². The summed E-state index contributed by atoms with van der Waals surface area (Å²) in [6.07, 6.45) is 3.06. The van der Waals surface area contributed by atoms with Gasteiger partial charge in [0.25, 0.3) is 11.5 Å². The van der Waals surface area contributed by atoms with Gasteiger partial charge in [-0.3, -0.25) is 9.59 Å². The Labute approximate surface area is 201 Å². The maximum Gasteiger partial charge on any atom is 0.269 e. The van der Waals surface area contributed by atoms with Crippen LogP contribution in [0.15, 0.2) is 35.1 Å². The number of methoxy groups -OCH3 is 1. The normalized spacial score (nSPS) is 17.4. The van der Waals surface area contributed by atoms with Gasteiger partial charge in [0.05, 0.1) is 23.3 Å². The van der Waals surface area contributed by atoms with Crippen molar-refractivity contribution in [3.05, 3.63) is 57.1 Å². The fraction of sp³-hybridized carbons (Fsp3) is 0.333. The number of pyridine rings is 2. The third kappa shape index (κ3) is 4.42. The number of ether oxygens (including phenoxy) is 1. The van der Waals surface area contributed by atoms with Crippen LogP contribution in [-0.4, -0.2) is 41.8 Å². The second-order valence-electron chi connectivity index (χ2n) is 8.18. The molecule has 9 nitrogen and oxygen atoms in total. The van der Waals surface area contributed by atoms with Crippen LogP contribution < -0.4 is 21.5 Å². The fourth-order valence-electron chi connectivity index (χ4n) is 4.35. The van der Waals surface area contributed by atoms with Gasteiger partial charge in [0.1, 0.15) is 22.5 Å². The van der Waals surface area contributed by atoms with Crippen molar-refractivity contribution in [3.8, 4) is 6.07 Å². The number of hydrogen-bond donors (Lipinski definition) is 3. The Morgan fingerprint density at radius 3 is 2.76 bits per heavy atom. The molecule has 2 unspecified atom stereocenters. The van der Waals surface area contributed by atoms with Crippen LogP contribution >= 0.6 is 11.6 Å². The molecule has 3 aromatic rings. The highest BCUT2D eigenvalue weighted by Gasteiger charge is 2.27. The summed E-state index contributed by atoms with van der Waals surface area (Å²) in [6, 6.07) is 10.7. The van der Waals surface area contributed by atoms with Crippen LogP contribution in [0.2, 0.25) is 5.15 Å². The summed E-state index contributed by atoms with van der Waals surface area (Å²) in [7, 11) is 4.92. The summed E-state index contributed by atoms with van der Waals surface area (Å²) in [5.74, 6) is -0.418. The van der Waals surface area contributed by atoms with E-state index in [-0.39, 0.29) is 34.1 Å². The van der Waals surface area contributed by atoms with Crippen LogP contribution in [0.3, 0.4) is 0 Å². The molecule has 1 aromatic carbocycles. The van der Waals surface area contributed by atoms with Crippen molar-refractivity contribution in [1.82, 2.24) is 14.9 Å². The van der Waals surface area contributed by atoms with Crippen molar-refractivity contribution in [2.45, 2.75) is 31.4 Å². The number of fused-ring (bicyclic) bond motifs is 1. The maximum atomic E-state index is 12.6. The summed E-state index contributed by atoms with van der Waals surface area (Å²) < 4.78 is 7.19. The Hall–Kier alpha value is -3.61. The van der Waals surface area contributed by atoms with Gasteiger partial charge in [-0.25, -0.2) is 4.98 Å². The van der Waals surface area contributed by atoms with E-state index >= 15 is 0 Å². The van der Waals surface area contributed by atoms with Gasteiger partial charge < -0.3 is 25.3 Å². The topological polar surface area (TPSA) is 121 Å². The zero-order valence-electron chi connectivity index (χ0n) is 19.1. The first-order chi connectivity index (χ1) is 16.4. The molecule has 2 heterocycles. The van der Waals surface area contributed by atoms with Gasteiger partial charge >= 0.3 is 0 Å². The Balaban J connectivity index is 1.78. The SMILES string of the molecule is CNC(=O)c1cc(Nc2ccc3c(c2)c(NC2CCCC2OC)cc(=O)n3C)c(C#N)c(Cl)n1. The standard InChI is InChI=1S/C24H25ClN6O3/c1-27-24(33)19-10-17(15(12-26)23(25)30-19)28-13-7-8-20-14(9-13)18(11-22(32)31(20)2)29-16-5-4-6-21(16)34-3/h7-11,16,21,29H,4-6H2,1-3H3,(H,27,33)(H,28,30). The average Bonchev–Trinajstić information content (AvgIpc) is 3.28. The van der Waals surface area contributed by atoms with Crippen molar-refractivity contribution in [1.29, 1.82) is 5.26 Å². The first-order valence-electron chi connectivity index (χ1n) is 10.9. The van der Waals surface area contributed by atoms with Crippen LogP contribution in [0.5, 0.6) is 0 Å². The number of nitrogens with zero attached hydrogens (tertiary/aromatic N) is 3. The summed E-state index contributed by atoms with van der Waals surface area (Å²) in [4.78, 5) is 28.7. The average molecular weight is 481 g/mol. The van der Waals surface area contributed by atoms with Gasteiger partial charge in [-0.1, -0.05) is 11.6 Å². The molecule has 1 amide bonds. The Kier molecular flexibility index (Phi) is 6.72. The van der Waals surface area contributed by atoms with Crippen molar-refractivity contribution in [2.75, 3.05) is 24.8 Å². The molecular formula is C24H25ClN6O3. The Morgan fingerprint density at radius 2 is 2.06 bits per heavy atom. The largest absolute Gasteiger partial charge is 0.379 e. The lowest BCUT2D eigenvalue weighted by Crippen LogP contribution is -2.30. The molecule has 2 atom stereocenters. The lowest BCUT2D eigenvalue weighted by molar-refractivity contribution is 0.0958. The number of aromatic nitrogens is 2. The highest BCUT2D eigenvalue weighted by molar-refractivity contribution is 6.31. The van der Waals surface area contributed by atoms with E-state index in [1.165, 1.54) is 13.1 Å². The highest BCUT2D eigenvalue weighted by atomic mass is 35.5. The van der Waals surface area contributed by atoms with Crippen LogP contribution in [0.4, 0.5) is 17.1 Å². The molecule has 10 heteroatoms. The van der Waals surface area contributed by atoms with Crippen molar-refractivity contribution in [2.24, 2.45) is 7.05 Å². The van der Waals surface area contributed by atoms with Crippen LogP contribution in [0.25, 0.3) is 10.9 Å². The van der Waals surface area contributed by atoms with E-state index in [4.69, 9.17) is 16.3 Å². The van der Waals surface area contributed by atoms with Crippen LogP contribution in [0, 0.1) is 11.3 Å². The Bertz CT molecular complexity index is 1360. The molecule has 3 N–H and O–H groups in total. The van der Waals surface area contributed by atoms with Crippen LogP contribution in [-0.2, 0) is 11.8 Å². The summed E-state index contributed by atoms with van der Waals surface area (Å²) >= 11 is 6.17. The molecule has 0 aliphatic heterocycles. The zero-order chi connectivity index (χ0) is 24.4. The van der Waals surface area contributed by atoms with Gasteiger partial charge in [-0.05, 0) is 43.5 Å². The molecule has 1 fully saturated rings. The molecule has 0 bridgehead atoms. The van der Waals surface area contributed by atoms with Gasteiger partial charge in [-0.15, -0.1) is 0 Å². The molecule has 4 rings (SSSR count). The van der Waals surface area contributed by atoms with Gasteiger partial charge in [0.2, 0.25) is 0 Å². The molecule has 1 aliphatic rings. The van der Waals surface area contributed by atoms with E-state index in [2.05, 4.69) is 20.9 Å². The first kappa shape index (κ1) is 23.5. The second-order valence-corrected chi connectivity index (χ2v) is 8.54. The number of nitriles is 1. The zero-order valence-corrected chi connectivity index (χ0v) is 19.9. The Morgan fingerprint density at radius 1 is 1.26 bits per heavy atom. The highest BCUT2D eigenvalue weighted by Crippen LogP contribution is 2.32. The summed E-state index contributed by atoms with van der Waals surface area (Å²) in [5.41, 5.74) is 2.58. The van der Waals surface area contributed by atoms with E-state index in [0.717, 1.165) is 35.9 Å². The molecule has 0 radical (unpaired) electrons. The lowest BCUT2D eigenvalue weighted by Gasteiger charge is -2.22. The maximum absolute atomic E-state index is 12.6. The van der Waals surface area contributed by atoms with Gasteiger partial charge in [0, 0.05) is 44.0 Å². The van der Waals surface area contributed by atoms with Crippen molar-refractivity contribution >= 4 is 45.5 Å². The number of rotatable bonds is 6. The number of carbonyl (C=O) groups excluding carboxylic acids is 1. The number of benzene rings is 1. The monoisotopic (exact) mass is 480 g/mol. The molecule has 1 saturated carbocycles. The third-order valence-electron chi connectivity index (χ3n) is 6.17. The predicted molar refractivity (Wildman–Crippen MR) is 132 cm³/mol. The van der Waals surface area contributed by atoms with Gasteiger partial charge in [-0.2, -0.15) is 5.26 Å². The number of carbonyl (C=O) groups is 1. The molecule has 176 valence electrons. The van der Waals surface area contributed by atoms with Crippen molar-refractivity contribution in [3.63, 3.8) is 0 Å². The molecule has 1 aliphatic carbocycles. The van der Waals surface area contributed by atoms with E-state index in [9.17, 15) is 14.9 Å². The molecular weight excluding hydrogens is 456 g/mol. The predicted octanol–water partition coefficient (Wildman–Crippen LogP) is 3.54. The molecule has 34 heavy (non-hydrogen) atoms. The quantitative estimate of drug-likeness (QED) is 0.461. The molecule has 2 aromatic heterocycles.